The van der Waals surface area contributed by atoms with Gasteiger partial charge >= 0.3 is 0 Å². The number of carbonyl (C=O) groups is 1. The van der Waals surface area contributed by atoms with Crippen molar-refractivity contribution in [3.63, 3.8) is 0 Å². The van der Waals surface area contributed by atoms with Gasteiger partial charge < -0.3 is 10.3 Å². The summed E-state index contributed by atoms with van der Waals surface area (Å²) < 4.78 is 1.58. The molecule has 0 radical (unpaired) electrons. The molecule has 2 aromatic rings. The Morgan fingerprint density at radius 3 is 3.07 bits per heavy atom. The van der Waals surface area contributed by atoms with Gasteiger partial charge in [-0.25, -0.2) is 4.98 Å². The number of rotatable bonds is 2. The number of hydrogen-bond acceptors (Lipinski definition) is 3. The minimum absolute atomic E-state index is 0.0369. The maximum Gasteiger partial charge on any atom is 0.237 e. The van der Waals surface area contributed by atoms with Crippen molar-refractivity contribution in [2.45, 2.75) is 6.54 Å². The fourth-order valence-electron chi connectivity index (χ4n) is 1.50. The van der Waals surface area contributed by atoms with E-state index in [0.29, 0.717) is 16.6 Å². The second kappa shape index (κ2) is 3.42. The van der Waals surface area contributed by atoms with Gasteiger partial charge in [0.15, 0.2) is 0 Å². The molecule has 2 N–H and O–H groups in total. The lowest BCUT2D eigenvalue weighted by Crippen LogP contribution is -2.18. The number of nitrogens with zero attached hydrogens (tertiary/aromatic N) is 3. The number of para-hydroxylation sites is 1. The van der Waals surface area contributed by atoms with Crippen molar-refractivity contribution in [1.82, 2.24) is 9.55 Å². The van der Waals surface area contributed by atoms with E-state index in [-0.39, 0.29) is 6.54 Å². The molecule has 5 heteroatoms. The van der Waals surface area contributed by atoms with Gasteiger partial charge in [0, 0.05) is 0 Å². The number of primary amides is 1. The molecule has 0 unspecified atom stereocenters. The fourth-order valence-corrected chi connectivity index (χ4v) is 1.50. The molecule has 0 bridgehead atoms. The van der Waals surface area contributed by atoms with Gasteiger partial charge in [-0.15, -0.1) is 0 Å². The Labute approximate surface area is 85.7 Å². The third-order valence-electron chi connectivity index (χ3n) is 2.08. The van der Waals surface area contributed by atoms with Gasteiger partial charge in [-0.05, 0) is 12.1 Å². The summed E-state index contributed by atoms with van der Waals surface area (Å²) in [5, 5.41) is 8.91. The average molecular weight is 200 g/mol. The number of nitriles is 1. The zero-order valence-electron chi connectivity index (χ0n) is 7.84. The molecule has 1 amide bonds. The van der Waals surface area contributed by atoms with Gasteiger partial charge in [-0.3, -0.25) is 4.79 Å². The van der Waals surface area contributed by atoms with E-state index >= 15 is 0 Å². The molecule has 0 atom stereocenters. The highest BCUT2D eigenvalue weighted by molar-refractivity contribution is 5.83. The van der Waals surface area contributed by atoms with E-state index in [4.69, 9.17) is 11.0 Å². The van der Waals surface area contributed by atoms with Crippen LogP contribution in [0.2, 0.25) is 0 Å². The normalized spacial score (nSPS) is 10.1. The number of carbonyl (C=O) groups excluding carboxylic acids is 1. The molecular weight excluding hydrogens is 192 g/mol. The summed E-state index contributed by atoms with van der Waals surface area (Å²) in [5.74, 6) is -0.456. The zero-order chi connectivity index (χ0) is 10.8. The van der Waals surface area contributed by atoms with Crippen molar-refractivity contribution in [2.24, 2.45) is 5.73 Å². The van der Waals surface area contributed by atoms with Crippen LogP contribution in [0.5, 0.6) is 0 Å². The standard InChI is InChI=1S/C10H8N4O/c11-4-7-2-1-3-8-10(7)14(6-13-8)5-9(12)15/h1-3,6H,5H2,(H2,12,15). The first-order chi connectivity index (χ1) is 7.22. The van der Waals surface area contributed by atoms with Gasteiger partial charge in [-0.1, -0.05) is 6.07 Å². The summed E-state index contributed by atoms with van der Waals surface area (Å²) in [5.41, 5.74) is 6.93. The van der Waals surface area contributed by atoms with Crippen molar-refractivity contribution in [3.8, 4) is 6.07 Å². The van der Waals surface area contributed by atoms with Gasteiger partial charge in [0.1, 0.15) is 12.6 Å². The second-order valence-corrected chi connectivity index (χ2v) is 3.12. The van der Waals surface area contributed by atoms with Crippen LogP contribution < -0.4 is 5.73 Å². The lowest BCUT2D eigenvalue weighted by molar-refractivity contribution is -0.118. The Hall–Kier alpha value is -2.35. The van der Waals surface area contributed by atoms with Gasteiger partial charge in [0.2, 0.25) is 5.91 Å². The third kappa shape index (κ3) is 1.53. The molecule has 15 heavy (non-hydrogen) atoms. The molecule has 1 aromatic carbocycles. The van der Waals surface area contributed by atoms with E-state index in [0.717, 1.165) is 0 Å². The van der Waals surface area contributed by atoms with Crippen LogP contribution in [0.4, 0.5) is 0 Å². The fraction of sp³-hybridized carbons (Fsp3) is 0.100. The summed E-state index contributed by atoms with van der Waals surface area (Å²) in [6.45, 7) is 0.0369. The number of amides is 1. The SMILES string of the molecule is N#Cc1cccc2ncn(CC(N)=O)c12. The van der Waals surface area contributed by atoms with Gasteiger partial charge in [-0.2, -0.15) is 5.26 Å². The minimum Gasteiger partial charge on any atom is -0.368 e. The molecule has 0 saturated carbocycles. The number of imidazole rings is 1. The van der Waals surface area contributed by atoms with E-state index in [1.807, 2.05) is 0 Å². The highest BCUT2D eigenvalue weighted by Gasteiger charge is 2.08. The third-order valence-corrected chi connectivity index (χ3v) is 2.08. The van der Waals surface area contributed by atoms with E-state index in [9.17, 15) is 4.79 Å². The maximum absolute atomic E-state index is 10.8. The van der Waals surface area contributed by atoms with Crippen LogP contribution in [-0.4, -0.2) is 15.5 Å². The Kier molecular flexibility index (Phi) is 2.10. The molecule has 0 aliphatic rings. The van der Waals surface area contributed by atoms with Crippen molar-refractivity contribution >= 4 is 16.9 Å². The summed E-state index contributed by atoms with van der Waals surface area (Å²) in [6, 6.07) is 7.28. The van der Waals surface area contributed by atoms with E-state index in [1.54, 1.807) is 22.8 Å². The summed E-state index contributed by atoms with van der Waals surface area (Å²) in [6.07, 6.45) is 1.51. The largest absolute Gasteiger partial charge is 0.368 e. The Morgan fingerprint density at radius 2 is 2.40 bits per heavy atom. The van der Waals surface area contributed by atoms with Crippen LogP contribution in [0.3, 0.4) is 0 Å². The van der Waals surface area contributed by atoms with Crippen LogP contribution >= 0.6 is 0 Å². The second-order valence-electron chi connectivity index (χ2n) is 3.12. The quantitative estimate of drug-likeness (QED) is 0.761. The maximum atomic E-state index is 10.8. The lowest BCUT2D eigenvalue weighted by atomic mass is 10.2. The monoisotopic (exact) mass is 200 g/mol. The number of aromatic nitrogens is 2. The smallest absolute Gasteiger partial charge is 0.237 e. The molecule has 0 fully saturated rings. The molecule has 0 aliphatic heterocycles. The number of hydrogen-bond donors (Lipinski definition) is 1. The molecule has 0 aliphatic carbocycles. The van der Waals surface area contributed by atoms with Crippen LogP contribution in [0.1, 0.15) is 5.56 Å². The molecule has 2 rings (SSSR count). The summed E-state index contributed by atoms with van der Waals surface area (Å²) in [7, 11) is 0. The van der Waals surface area contributed by atoms with Gasteiger partial charge in [0.25, 0.3) is 0 Å². The van der Waals surface area contributed by atoms with Crippen molar-refractivity contribution in [2.75, 3.05) is 0 Å². The minimum atomic E-state index is -0.456. The van der Waals surface area contributed by atoms with Crippen LogP contribution in [0, 0.1) is 11.3 Å². The lowest BCUT2D eigenvalue weighted by Gasteiger charge is -2.01. The number of fused-ring (bicyclic) bond motifs is 1. The average Bonchev–Trinajstić information content (AvgIpc) is 2.61. The first kappa shape index (κ1) is 9.21. The number of benzene rings is 1. The van der Waals surface area contributed by atoms with Crippen molar-refractivity contribution in [1.29, 1.82) is 5.26 Å². The molecular formula is C10H8N4O. The van der Waals surface area contributed by atoms with E-state index in [1.165, 1.54) is 6.33 Å². The summed E-state index contributed by atoms with van der Waals surface area (Å²) in [4.78, 5) is 14.9. The molecule has 1 heterocycles. The molecule has 0 spiro atoms. The van der Waals surface area contributed by atoms with E-state index in [2.05, 4.69) is 11.1 Å². The molecule has 5 nitrogen and oxygen atoms in total. The number of nitrogens with two attached hydrogens (primary N) is 1. The first-order valence-corrected chi connectivity index (χ1v) is 4.34. The Balaban J connectivity index is 2.67. The Bertz CT molecular complexity index is 564. The molecule has 1 aromatic heterocycles. The highest BCUT2D eigenvalue weighted by Crippen LogP contribution is 2.16. The summed E-state index contributed by atoms with van der Waals surface area (Å²) >= 11 is 0. The van der Waals surface area contributed by atoms with Crippen LogP contribution in [0.25, 0.3) is 11.0 Å². The van der Waals surface area contributed by atoms with Crippen LogP contribution in [0.15, 0.2) is 24.5 Å². The molecule has 74 valence electrons. The Morgan fingerprint density at radius 1 is 1.60 bits per heavy atom. The predicted octanol–water partition coefficient (Wildman–Crippen LogP) is 0.393. The van der Waals surface area contributed by atoms with Crippen molar-refractivity contribution in [3.05, 3.63) is 30.1 Å². The highest BCUT2D eigenvalue weighted by atomic mass is 16.1. The van der Waals surface area contributed by atoms with Gasteiger partial charge in [0.05, 0.1) is 22.9 Å². The van der Waals surface area contributed by atoms with Crippen molar-refractivity contribution < 1.29 is 4.79 Å². The zero-order valence-corrected chi connectivity index (χ0v) is 7.84. The van der Waals surface area contributed by atoms with Crippen LogP contribution in [-0.2, 0) is 11.3 Å². The molecule has 0 saturated heterocycles. The predicted molar refractivity (Wildman–Crippen MR) is 53.6 cm³/mol. The van der Waals surface area contributed by atoms with E-state index < -0.39 is 5.91 Å². The first-order valence-electron chi connectivity index (χ1n) is 4.34. The topological polar surface area (TPSA) is 84.7 Å².